The van der Waals surface area contributed by atoms with Crippen molar-refractivity contribution in [2.24, 2.45) is 10.2 Å². The summed E-state index contributed by atoms with van der Waals surface area (Å²) < 4.78 is 0. The van der Waals surface area contributed by atoms with Crippen LogP contribution in [0.2, 0.25) is 0 Å². The molecule has 0 bridgehead atoms. The van der Waals surface area contributed by atoms with Gasteiger partial charge in [-0.05, 0) is 18.2 Å². The van der Waals surface area contributed by atoms with Gasteiger partial charge in [0.2, 0.25) is 0 Å². The van der Waals surface area contributed by atoms with Crippen LogP contribution in [0.25, 0.3) is 0 Å². The average molecular weight is 285 g/mol. The van der Waals surface area contributed by atoms with Crippen molar-refractivity contribution < 1.29 is 15.1 Å². The van der Waals surface area contributed by atoms with Crippen molar-refractivity contribution in [1.29, 1.82) is 0 Å². The molecule has 0 saturated carbocycles. The fraction of sp³-hybridized carbons (Fsp3) is 0. The Hall–Kier alpha value is -3.22. The Bertz CT molecular complexity index is 726. The fourth-order valence-electron chi connectivity index (χ4n) is 1.55. The molecule has 7 nitrogen and oxygen atoms in total. The Kier molecular flexibility index (Phi) is 4.25. The first-order valence-corrected chi connectivity index (χ1v) is 5.90. The monoisotopic (exact) mass is 285 g/mol. The van der Waals surface area contributed by atoms with E-state index in [1.807, 2.05) is 0 Å². The Morgan fingerprint density at radius 2 is 1.57 bits per heavy atom. The number of nitrogens with zero attached hydrogens (tertiary/aromatic N) is 3. The van der Waals surface area contributed by atoms with Gasteiger partial charge in [0.15, 0.2) is 0 Å². The fourth-order valence-corrected chi connectivity index (χ4v) is 1.55. The van der Waals surface area contributed by atoms with E-state index >= 15 is 0 Å². The summed E-state index contributed by atoms with van der Waals surface area (Å²) in [4.78, 5) is 10.1. The van der Waals surface area contributed by atoms with E-state index in [2.05, 4.69) is 10.2 Å². The molecule has 2 aromatic rings. The van der Waals surface area contributed by atoms with Gasteiger partial charge in [-0.3, -0.25) is 10.1 Å². The van der Waals surface area contributed by atoms with Crippen molar-refractivity contribution in [3.63, 3.8) is 0 Å². The summed E-state index contributed by atoms with van der Waals surface area (Å²) in [6, 6.07) is 10.2. The number of phenolic OH excluding ortho intramolecular Hbond substituents is 2. The quantitative estimate of drug-likeness (QED) is 0.511. The Morgan fingerprint density at radius 3 is 2.24 bits per heavy atom. The van der Waals surface area contributed by atoms with Gasteiger partial charge in [-0.1, -0.05) is 12.1 Å². The minimum Gasteiger partial charge on any atom is -0.507 e. The SMILES string of the molecule is O=[N+]([O-])c1ccc(O)c(/C=N/N=C/c2ccccc2O)c1. The topological polar surface area (TPSA) is 108 Å². The van der Waals surface area contributed by atoms with Gasteiger partial charge < -0.3 is 10.2 Å². The van der Waals surface area contributed by atoms with Crippen LogP contribution in [0.4, 0.5) is 5.69 Å². The van der Waals surface area contributed by atoms with Gasteiger partial charge in [0.1, 0.15) is 11.5 Å². The second-order valence-electron chi connectivity index (χ2n) is 4.05. The standard InChI is InChI=1S/C14H11N3O4/c18-13-4-2-1-3-10(13)8-15-16-9-11-7-12(17(20)21)5-6-14(11)19/h1-9,18-19H/b15-8+,16-9+. The first-order chi connectivity index (χ1) is 10.1. The molecule has 106 valence electrons. The minimum absolute atomic E-state index is 0.0645. The third kappa shape index (κ3) is 3.63. The van der Waals surface area contributed by atoms with Crippen molar-refractivity contribution in [3.8, 4) is 11.5 Å². The molecule has 0 fully saturated rings. The summed E-state index contributed by atoms with van der Waals surface area (Å²) in [6.45, 7) is 0. The van der Waals surface area contributed by atoms with Crippen LogP contribution >= 0.6 is 0 Å². The molecule has 21 heavy (non-hydrogen) atoms. The highest BCUT2D eigenvalue weighted by Gasteiger charge is 2.08. The molecule has 0 saturated heterocycles. The molecule has 2 aromatic carbocycles. The number of nitro benzene ring substituents is 1. The summed E-state index contributed by atoms with van der Waals surface area (Å²) in [5, 5.41) is 37.1. The van der Waals surface area contributed by atoms with Gasteiger partial charge >= 0.3 is 0 Å². The molecule has 0 spiro atoms. The molecule has 0 aliphatic rings. The van der Waals surface area contributed by atoms with Crippen molar-refractivity contribution >= 4 is 18.1 Å². The molecule has 0 amide bonds. The van der Waals surface area contributed by atoms with Gasteiger partial charge in [0, 0.05) is 23.3 Å². The minimum atomic E-state index is -0.567. The number of para-hydroxylation sites is 1. The highest BCUT2D eigenvalue weighted by atomic mass is 16.6. The van der Waals surface area contributed by atoms with Gasteiger partial charge in [0.05, 0.1) is 17.4 Å². The number of benzene rings is 2. The van der Waals surface area contributed by atoms with Crippen LogP contribution in [0.1, 0.15) is 11.1 Å². The number of hydrogen-bond donors (Lipinski definition) is 2. The molecule has 7 heteroatoms. The van der Waals surface area contributed by atoms with E-state index in [1.165, 1.54) is 36.7 Å². The molecule has 0 atom stereocenters. The van der Waals surface area contributed by atoms with Crippen LogP contribution in [-0.2, 0) is 0 Å². The van der Waals surface area contributed by atoms with Crippen molar-refractivity contribution in [1.82, 2.24) is 0 Å². The highest BCUT2D eigenvalue weighted by molar-refractivity contribution is 5.86. The third-order valence-electron chi connectivity index (χ3n) is 2.62. The predicted octanol–water partition coefficient (Wildman–Crippen LogP) is 2.46. The smallest absolute Gasteiger partial charge is 0.270 e. The number of aromatic hydroxyl groups is 2. The number of phenols is 2. The van der Waals surface area contributed by atoms with E-state index in [1.54, 1.807) is 18.2 Å². The Balaban J connectivity index is 2.16. The molecular weight excluding hydrogens is 274 g/mol. The van der Waals surface area contributed by atoms with Crippen LogP contribution in [0, 0.1) is 10.1 Å². The van der Waals surface area contributed by atoms with E-state index < -0.39 is 4.92 Å². The zero-order chi connectivity index (χ0) is 15.2. The number of hydrogen-bond acceptors (Lipinski definition) is 6. The predicted molar refractivity (Wildman–Crippen MR) is 78.1 cm³/mol. The normalized spacial score (nSPS) is 11.2. The van der Waals surface area contributed by atoms with Crippen LogP contribution in [0.15, 0.2) is 52.7 Å². The molecule has 2 N–H and O–H groups in total. The molecule has 0 aliphatic heterocycles. The molecule has 0 unspecified atom stereocenters. The zero-order valence-corrected chi connectivity index (χ0v) is 10.7. The summed E-state index contributed by atoms with van der Waals surface area (Å²) >= 11 is 0. The summed E-state index contributed by atoms with van der Waals surface area (Å²) in [6.07, 6.45) is 2.53. The van der Waals surface area contributed by atoms with Crippen molar-refractivity contribution in [3.05, 3.63) is 63.7 Å². The van der Waals surface area contributed by atoms with E-state index in [0.29, 0.717) is 5.56 Å². The molecule has 0 radical (unpaired) electrons. The largest absolute Gasteiger partial charge is 0.507 e. The van der Waals surface area contributed by atoms with E-state index in [-0.39, 0.29) is 22.7 Å². The lowest BCUT2D eigenvalue weighted by Gasteiger charge is -1.97. The second-order valence-corrected chi connectivity index (χ2v) is 4.05. The first kappa shape index (κ1) is 14.2. The summed E-state index contributed by atoms with van der Waals surface area (Å²) in [5.41, 5.74) is 0.510. The van der Waals surface area contributed by atoms with Crippen LogP contribution in [0.3, 0.4) is 0 Å². The van der Waals surface area contributed by atoms with Crippen LogP contribution < -0.4 is 0 Å². The van der Waals surface area contributed by atoms with Crippen molar-refractivity contribution in [2.75, 3.05) is 0 Å². The second kappa shape index (κ2) is 6.29. The first-order valence-electron chi connectivity index (χ1n) is 5.90. The number of rotatable bonds is 4. The maximum absolute atomic E-state index is 10.6. The van der Waals surface area contributed by atoms with E-state index in [0.717, 1.165) is 0 Å². The Labute approximate surface area is 119 Å². The maximum Gasteiger partial charge on any atom is 0.270 e. The molecule has 0 aliphatic carbocycles. The van der Waals surface area contributed by atoms with Crippen LogP contribution in [-0.4, -0.2) is 27.6 Å². The molecular formula is C14H11N3O4. The van der Waals surface area contributed by atoms with Gasteiger partial charge in [-0.2, -0.15) is 10.2 Å². The van der Waals surface area contributed by atoms with Crippen LogP contribution in [0.5, 0.6) is 11.5 Å². The van der Waals surface area contributed by atoms with E-state index in [9.17, 15) is 20.3 Å². The zero-order valence-electron chi connectivity index (χ0n) is 10.7. The van der Waals surface area contributed by atoms with Crippen molar-refractivity contribution in [2.45, 2.75) is 0 Å². The lowest BCUT2D eigenvalue weighted by Crippen LogP contribution is -1.90. The van der Waals surface area contributed by atoms with Gasteiger partial charge in [-0.25, -0.2) is 0 Å². The maximum atomic E-state index is 10.6. The molecule has 2 rings (SSSR count). The molecule has 0 heterocycles. The lowest BCUT2D eigenvalue weighted by atomic mass is 10.2. The summed E-state index contributed by atoms with van der Waals surface area (Å²) in [7, 11) is 0. The third-order valence-corrected chi connectivity index (χ3v) is 2.62. The van der Waals surface area contributed by atoms with Gasteiger partial charge in [0.25, 0.3) is 5.69 Å². The lowest BCUT2D eigenvalue weighted by molar-refractivity contribution is -0.384. The van der Waals surface area contributed by atoms with Gasteiger partial charge in [-0.15, -0.1) is 0 Å². The number of non-ortho nitro benzene ring substituents is 1. The summed E-state index contributed by atoms with van der Waals surface area (Å²) in [5.74, 6) is -0.0724. The number of nitro groups is 1. The molecule has 0 aromatic heterocycles. The van der Waals surface area contributed by atoms with E-state index in [4.69, 9.17) is 0 Å². The Morgan fingerprint density at radius 1 is 0.952 bits per heavy atom. The average Bonchev–Trinajstić information content (AvgIpc) is 2.46. The highest BCUT2D eigenvalue weighted by Crippen LogP contribution is 2.21.